The number of hydrogen-bond donors (Lipinski definition) is 0. The molecule has 0 radical (unpaired) electrons. The molecule has 82 valence electrons. The Kier molecular flexibility index (Phi) is 3.91. The molecule has 0 amide bonds. The molecule has 0 unspecified atom stereocenters. The van der Waals surface area contributed by atoms with Crippen molar-refractivity contribution in [2.75, 3.05) is 13.7 Å². The number of benzene rings is 1. The molecule has 1 rings (SSSR count). The van der Waals surface area contributed by atoms with Gasteiger partial charge in [0.1, 0.15) is 5.75 Å². The summed E-state index contributed by atoms with van der Waals surface area (Å²) in [6, 6.07) is 4.47. The molecule has 1 aromatic rings. The zero-order chi connectivity index (χ0) is 11.3. The summed E-state index contributed by atoms with van der Waals surface area (Å²) >= 11 is 0. The number of methoxy groups -OCH3 is 1. The molecular weight excluding hydrogens is 198 g/mol. The second-order valence-corrected chi connectivity index (χ2v) is 2.94. The van der Waals surface area contributed by atoms with Gasteiger partial charge in [-0.3, -0.25) is 10.1 Å². The number of nitro benzene ring substituents is 1. The molecule has 0 aliphatic heterocycles. The summed E-state index contributed by atoms with van der Waals surface area (Å²) in [4.78, 5) is 10.1. The maximum Gasteiger partial charge on any atom is 0.311 e. The normalized spacial score (nSPS) is 9.73. The van der Waals surface area contributed by atoms with Crippen LogP contribution in [-0.4, -0.2) is 18.6 Å². The Labute approximate surface area is 87.8 Å². The number of nitrogens with zero attached hydrogens (tertiary/aromatic N) is 1. The average Bonchev–Trinajstić information content (AvgIpc) is 2.25. The molecule has 0 N–H and O–H groups in total. The summed E-state index contributed by atoms with van der Waals surface area (Å²) in [5, 5.41) is 10.6. The van der Waals surface area contributed by atoms with E-state index >= 15 is 0 Å². The van der Waals surface area contributed by atoms with Crippen molar-refractivity contribution in [2.24, 2.45) is 0 Å². The predicted octanol–water partition coefficient (Wildman–Crippen LogP) is 2.39. The van der Waals surface area contributed by atoms with Gasteiger partial charge in [-0.15, -0.1) is 0 Å². The number of nitro groups is 1. The first-order chi connectivity index (χ1) is 7.19. The summed E-state index contributed by atoms with van der Waals surface area (Å²) in [6.45, 7) is 2.57. The molecule has 0 spiro atoms. The van der Waals surface area contributed by atoms with Crippen LogP contribution in [0.25, 0.3) is 0 Å². The monoisotopic (exact) mass is 211 g/mol. The van der Waals surface area contributed by atoms with Crippen molar-refractivity contribution in [3.8, 4) is 11.5 Å². The van der Waals surface area contributed by atoms with Crippen molar-refractivity contribution in [1.82, 2.24) is 0 Å². The summed E-state index contributed by atoms with van der Waals surface area (Å²) in [5.41, 5.74) is -0.0543. The molecule has 0 saturated heterocycles. The van der Waals surface area contributed by atoms with Crippen LogP contribution in [-0.2, 0) is 0 Å². The number of hydrogen-bond acceptors (Lipinski definition) is 4. The van der Waals surface area contributed by atoms with E-state index in [1.165, 1.54) is 19.2 Å². The van der Waals surface area contributed by atoms with Gasteiger partial charge in [0.15, 0.2) is 0 Å². The van der Waals surface area contributed by atoms with Gasteiger partial charge in [-0.2, -0.15) is 0 Å². The van der Waals surface area contributed by atoms with Crippen LogP contribution in [0.1, 0.15) is 13.3 Å². The molecule has 15 heavy (non-hydrogen) atoms. The third kappa shape index (κ3) is 2.83. The summed E-state index contributed by atoms with van der Waals surface area (Å²) in [7, 11) is 1.39. The van der Waals surface area contributed by atoms with E-state index in [4.69, 9.17) is 9.47 Å². The lowest BCUT2D eigenvalue weighted by molar-refractivity contribution is -0.385. The van der Waals surface area contributed by atoms with Gasteiger partial charge in [-0.25, -0.2) is 0 Å². The highest BCUT2D eigenvalue weighted by Crippen LogP contribution is 2.30. The second-order valence-electron chi connectivity index (χ2n) is 2.94. The van der Waals surface area contributed by atoms with E-state index in [1.54, 1.807) is 6.07 Å². The van der Waals surface area contributed by atoms with E-state index in [1.807, 2.05) is 6.92 Å². The fourth-order valence-corrected chi connectivity index (χ4v) is 1.12. The van der Waals surface area contributed by atoms with Gasteiger partial charge in [0, 0.05) is 12.1 Å². The van der Waals surface area contributed by atoms with Crippen LogP contribution < -0.4 is 9.47 Å². The van der Waals surface area contributed by atoms with Gasteiger partial charge in [0.2, 0.25) is 5.75 Å². The standard InChI is InChI=1S/C10H13NO4/c1-3-6-15-8-4-5-9(11(12)13)10(7-8)14-2/h4-5,7H,3,6H2,1-2H3. The van der Waals surface area contributed by atoms with E-state index in [-0.39, 0.29) is 11.4 Å². The van der Waals surface area contributed by atoms with Crippen LogP contribution >= 0.6 is 0 Å². The van der Waals surface area contributed by atoms with Crippen LogP contribution in [0.15, 0.2) is 18.2 Å². The van der Waals surface area contributed by atoms with Crippen molar-refractivity contribution >= 4 is 5.69 Å². The zero-order valence-corrected chi connectivity index (χ0v) is 8.73. The summed E-state index contributed by atoms with van der Waals surface area (Å²) < 4.78 is 10.2. The first kappa shape index (κ1) is 11.3. The molecule has 0 bridgehead atoms. The lowest BCUT2D eigenvalue weighted by Crippen LogP contribution is -1.97. The Balaban J connectivity index is 2.92. The highest BCUT2D eigenvalue weighted by molar-refractivity contribution is 5.50. The first-order valence-electron chi connectivity index (χ1n) is 4.64. The third-order valence-corrected chi connectivity index (χ3v) is 1.82. The SMILES string of the molecule is CCCOc1ccc([N+](=O)[O-])c(OC)c1. The van der Waals surface area contributed by atoms with Crippen LogP contribution in [0.5, 0.6) is 11.5 Å². The van der Waals surface area contributed by atoms with E-state index in [0.29, 0.717) is 12.4 Å². The van der Waals surface area contributed by atoms with E-state index in [2.05, 4.69) is 0 Å². The Morgan fingerprint density at radius 3 is 2.73 bits per heavy atom. The lowest BCUT2D eigenvalue weighted by atomic mass is 10.3. The first-order valence-corrected chi connectivity index (χ1v) is 4.64. The molecule has 5 heteroatoms. The van der Waals surface area contributed by atoms with Gasteiger partial charge in [-0.1, -0.05) is 6.92 Å². The second kappa shape index (κ2) is 5.19. The molecule has 1 aromatic carbocycles. The largest absolute Gasteiger partial charge is 0.493 e. The smallest absolute Gasteiger partial charge is 0.311 e. The van der Waals surface area contributed by atoms with Gasteiger partial charge < -0.3 is 9.47 Å². The fourth-order valence-electron chi connectivity index (χ4n) is 1.12. The maximum atomic E-state index is 10.6. The number of rotatable bonds is 5. The van der Waals surface area contributed by atoms with Crippen LogP contribution in [0, 0.1) is 10.1 Å². The Bertz CT molecular complexity index is 351. The molecule has 0 aliphatic rings. The minimum Gasteiger partial charge on any atom is -0.493 e. The molecule has 0 aromatic heterocycles. The van der Waals surface area contributed by atoms with Crippen molar-refractivity contribution in [3.05, 3.63) is 28.3 Å². The molecule has 0 atom stereocenters. The van der Waals surface area contributed by atoms with Crippen LogP contribution in [0.3, 0.4) is 0 Å². The molecule has 5 nitrogen and oxygen atoms in total. The van der Waals surface area contributed by atoms with Crippen LogP contribution in [0.2, 0.25) is 0 Å². The molecule has 0 saturated carbocycles. The summed E-state index contributed by atoms with van der Waals surface area (Å²) in [5.74, 6) is 0.799. The highest BCUT2D eigenvalue weighted by atomic mass is 16.6. The van der Waals surface area contributed by atoms with E-state index in [0.717, 1.165) is 6.42 Å². The Hall–Kier alpha value is -1.78. The van der Waals surface area contributed by atoms with Crippen molar-refractivity contribution < 1.29 is 14.4 Å². The Morgan fingerprint density at radius 2 is 2.20 bits per heavy atom. The molecule has 0 fully saturated rings. The van der Waals surface area contributed by atoms with Crippen molar-refractivity contribution in [3.63, 3.8) is 0 Å². The van der Waals surface area contributed by atoms with Gasteiger partial charge in [0.25, 0.3) is 0 Å². The fraction of sp³-hybridized carbons (Fsp3) is 0.400. The van der Waals surface area contributed by atoms with Gasteiger partial charge in [-0.05, 0) is 12.5 Å². The van der Waals surface area contributed by atoms with E-state index in [9.17, 15) is 10.1 Å². The number of ether oxygens (including phenoxy) is 2. The maximum absolute atomic E-state index is 10.6. The molecule has 0 heterocycles. The predicted molar refractivity (Wildman–Crippen MR) is 55.4 cm³/mol. The van der Waals surface area contributed by atoms with Gasteiger partial charge in [0.05, 0.1) is 18.6 Å². The van der Waals surface area contributed by atoms with Crippen LogP contribution in [0.4, 0.5) is 5.69 Å². The Morgan fingerprint density at radius 1 is 1.47 bits per heavy atom. The minimum absolute atomic E-state index is 0.0543. The minimum atomic E-state index is -0.484. The molecule has 0 aliphatic carbocycles. The lowest BCUT2D eigenvalue weighted by Gasteiger charge is -2.06. The summed E-state index contributed by atoms with van der Waals surface area (Å²) in [6.07, 6.45) is 0.888. The highest BCUT2D eigenvalue weighted by Gasteiger charge is 2.14. The van der Waals surface area contributed by atoms with Gasteiger partial charge >= 0.3 is 5.69 Å². The topological polar surface area (TPSA) is 61.6 Å². The van der Waals surface area contributed by atoms with Crippen molar-refractivity contribution in [1.29, 1.82) is 0 Å². The van der Waals surface area contributed by atoms with E-state index < -0.39 is 4.92 Å². The zero-order valence-electron chi connectivity index (χ0n) is 8.73. The van der Waals surface area contributed by atoms with Crippen molar-refractivity contribution in [2.45, 2.75) is 13.3 Å². The quantitative estimate of drug-likeness (QED) is 0.554. The average molecular weight is 211 g/mol. The molecular formula is C10H13NO4. The third-order valence-electron chi connectivity index (χ3n) is 1.82.